The second-order valence-corrected chi connectivity index (χ2v) is 6.50. The number of esters is 1. The van der Waals surface area contributed by atoms with Gasteiger partial charge in [-0.1, -0.05) is 31.4 Å². The number of hydrogen-bond donors (Lipinski definition) is 0. The summed E-state index contributed by atoms with van der Waals surface area (Å²) >= 11 is 0. The van der Waals surface area contributed by atoms with Crippen LogP contribution < -0.4 is 5.56 Å². The molecule has 1 saturated heterocycles. The van der Waals surface area contributed by atoms with Crippen molar-refractivity contribution in [1.82, 2.24) is 14.5 Å². The normalized spacial score (nSPS) is 15.3. The molecule has 1 aromatic carbocycles. The molecule has 0 N–H and O–H groups in total. The Morgan fingerprint density at radius 1 is 1.04 bits per heavy atom. The number of likely N-dealkylation sites (tertiary alicyclic amines) is 1. The summed E-state index contributed by atoms with van der Waals surface area (Å²) in [6.07, 6.45) is 6.76. The molecule has 0 aliphatic carbocycles. The van der Waals surface area contributed by atoms with Gasteiger partial charge < -0.3 is 9.64 Å². The van der Waals surface area contributed by atoms with E-state index >= 15 is 0 Å². The lowest BCUT2D eigenvalue weighted by Crippen LogP contribution is -2.37. The van der Waals surface area contributed by atoms with Crippen molar-refractivity contribution < 1.29 is 14.3 Å². The molecule has 138 valence electrons. The zero-order valence-corrected chi connectivity index (χ0v) is 14.7. The highest BCUT2D eigenvalue weighted by Gasteiger charge is 2.17. The van der Waals surface area contributed by atoms with E-state index < -0.39 is 5.97 Å². The van der Waals surface area contributed by atoms with Crippen molar-refractivity contribution in [3.8, 4) is 0 Å². The Bertz CT molecular complexity index is 838. The number of nitrogens with zero attached hydrogens (tertiary/aromatic N) is 3. The summed E-state index contributed by atoms with van der Waals surface area (Å²) < 4.78 is 6.28. The van der Waals surface area contributed by atoms with Crippen LogP contribution in [0.25, 0.3) is 10.9 Å². The van der Waals surface area contributed by atoms with E-state index in [9.17, 15) is 14.4 Å². The van der Waals surface area contributed by atoms with Crippen LogP contribution in [0.3, 0.4) is 0 Å². The summed E-state index contributed by atoms with van der Waals surface area (Å²) in [6, 6.07) is 6.94. The number of ether oxygens (including phenoxy) is 1. The highest BCUT2D eigenvalue weighted by molar-refractivity contribution is 5.81. The first-order chi connectivity index (χ1) is 12.6. The van der Waals surface area contributed by atoms with Gasteiger partial charge in [0.25, 0.3) is 11.5 Å². The van der Waals surface area contributed by atoms with Crippen molar-refractivity contribution in [1.29, 1.82) is 0 Å². The Kier molecular flexibility index (Phi) is 5.99. The highest BCUT2D eigenvalue weighted by Crippen LogP contribution is 2.10. The van der Waals surface area contributed by atoms with Crippen molar-refractivity contribution in [3.05, 3.63) is 40.9 Å². The number of para-hydroxylation sites is 1. The monoisotopic (exact) mass is 357 g/mol. The minimum absolute atomic E-state index is 0.177. The van der Waals surface area contributed by atoms with E-state index in [4.69, 9.17) is 4.74 Å². The predicted molar refractivity (Wildman–Crippen MR) is 96.6 cm³/mol. The van der Waals surface area contributed by atoms with E-state index in [-0.39, 0.29) is 24.6 Å². The van der Waals surface area contributed by atoms with Crippen LogP contribution in [0.2, 0.25) is 0 Å². The first kappa shape index (κ1) is 18.1. The number of amides is 1. The lowest BCUT2D eigenvalue weighted by molar-refractivity contribution is -0.152. The molecule has 1 aliphatic heterocycles. The first-order valence-electron chi connectivity index (χ1n) is 9.03. The number of hydrogen-bond acceptors (Lipinski definition) is 5. The standard InChI is InChI=1S/C19H23N3O4/c23-17(21-10-6-2-1-3-7-11-21)13-26-18(24)12-22-14-20-16-9-5-4-8-15(16)19(22)25/h4-5,8-9,14H,1-3,6-7,10-13H2. The number of aromatic nitrogens is 2. The number of carbonyl (C=O) groups excluding carboxylic acids is 2. The van der Waals surface area contributed by atoms with Crippen LogP contribution in [-0.4, -0.2) is 46.0 Å². The zero-order chi connectivity index (χ0) is 18.4. The third-order valence-corrected chi connectivity index (χ3v) is 4.60. The van der Waals surface area contributed by atoms with Gasteiger partial charge in [0.15, 0.2) is 6.61 Å². The molecule has 0 saturated carbocycles. The Labute approximate surface area is 151 Å². The number of rotatable bonds is 4. The lowest BCUT2D eigenvalue weighted by atomic mass is 10.1. The number of benzene rings is 1. The minimum atomic E-state index is -0.621. The van der Waals surface area contributed by atoms with Crippen LogP contribution in [0.1, 0.15) is 32.1 Å². The maximum Gasteiger partial charge on any atom is 0.326 e. The smallest absolute Gasteiger partial charge is 0.326 e. The molecule has 2 aromatic rings. The fraction of sp³-hybridized carbons (Fsp3) is 0.474. The van der Waals surface area contributed by atoms with E-state index in [0.29, 0.717) is 24.0 Å². The predicted octanol–water partition coefficient (Wildman–Crippen LogP) is 1.73. The fourth-order valence-corrected chi connectivity index (χ4v) is 3.13. The second-order valence-electron chi connectivity index (χ2n) is 6.50. The van der Waals surface area contributed by atoms with Crippen LogP contribution >= 0.6 is 0 Å². The van der Waals surface area contributed by atoms with Gasteiger partial charge in [-0.05, 0) is 25.0 Å². The number of carbonyl (C=O) groups is 2. The Balaban J connectivity index is 1.56. The molecule has 1 fully saturated rings. The van der Waals surface area contributed by atoms with Crippen LogP contribution in [0.4, 0.5) is 0 Å². The first-order valence-corrected chi connectivity index (χ1v) is 9.03. The van der Waals surface area contributed by atoms with Crippen LogP contribution in [-0.2, 0) is 20.9 Å². The van der Waals surface area contributed by atoms with Crippen molar-refractivity contribution in [2.75, 3.05) is 19.7 Å². The van der Waals surface area contributed by atoms with E-state index in [0.717, 1.165) is 25.7 Å². The molecule has 0 bridgehead atoms. The van der Waals surface area contributed by atoms with Crippen LogP contribution in [0.15, 0.2) is 35.4 Å². The van der Waals surface area contributed by atoms with Gasteiger partial charge in [0.1, 0.15) is 6.54 Å². The Morgan fingerprint density at radius 2 is 1.73 bits per heavy atom. The molecule has 2 heterocycles. The van der Waals surface area contributed by atoms with Crippen LogP contribution in [0, 0.1) is 0 Å². The van der Waals surface area contributed by atoms with E-state index in [2.05, 4.69) is 4.98 Å². The summed E-state index contributed by atoms with van der Waals surface area (Å²) in [6.45, 7) is 0.882. The quantitative estimate of drug-likeness (QED) is 0.779. The van der Waals surface area contributed by atoms with Crippen molar-refractivity contribution in [2.24, 2.45) is 0 Å². The van der Waals surface area contributed by atoms with Crippen molar-refractivity contribution in [2.45, 2.75) is 38.6 Å². The molecule has 0 radical (unpaired) electrons. The maximum absolute atomic E-state index is 12.4. The maximum atomic E-state index is 12.4. The average Bonchev–Trinajstić information content (AvgIpc) is 2.62. The SMILES string of the molecule is O=C(Cn1cnc2ccccc2c1=O)OCC(=O)N1CCCCCCC1. The van der Waals surface area contributed by atoms with E-state index in [1.54, 1.807) is 29.2 Å². The molecular weight excluding hydrogens is 334 g/mol. The molecule has 7 nitrogen and oxygen atoms in total. The van der Waals surface area contributed by atoms with Gasteiger partial charge in [-0.25, -0.2) is 4.98 Å². The molecule has 26 heavy (non-hydrogen) atoms. The molecule has 0 spiro atoms. The lowest BCUT2D eigenvalue weighted by Gasteiger charge is -2.24. The molecule has 7 heteroatoms. The second kappa shape index (κ2) is 8.60. The summed E-state index contributed by atoms with van der Waals surface area (Å²) in [7, 11) is 0. The summed E-state index contributed by atoms with van der Waals surface area (Å²) in [5, 5.41) is 0.444. The fourth-order valence-electron chi connectivity index (χ4n) is 3.13. The van der Waals surface area contributed by atoms with Crippen LogP contribution in [0.5, 0.6) is 0 Å². The summed E-state index contributed by atoms with van der Waals surface area (Å²) in [4.78, 5) is 42.5. The zero-order valence-electron chi connectivity index (χ0n) is 14.7. The van der Waals surface area contributed by atoms with Crippen molar-refractivity contribution >= 4 is 22.8 Å². The van der Waals surface area contributed by atoms with Crippen molar-refractivity contribution in [3.63, 3.8) is 0 Å². The third kappa shape index (κ3) is 4.47. The molecule has 3 rings (SSSR count). The van der Waals surface area contributed by atoms with Gasteiger partial charge in [0.05, 0.1) is 17.2 Å². The van der Waals surface area contributed by atoms with Gasteiger partial charge in [-0.3, -0.25) is 19.0 Å². The highest BCUT2D eigenvalue weighted by atomic mass is 16.5. The van der Waals surface area contributed by atoms with Gasteiger partial charge in [-0.15, -0.1) is 0 Å². The van der Waals surface area contributed by atoms with Gasteiger partial charge in [0, 0.05) is 13.1 Å². The molecule has 1 amide bonds. The third-order valence-electron chi connectivity index (χ3n) is 4.60. The Hall–Kier alpha value is -2.70. The molecule has 0 atom stereocenters. The largest absolute Gasteiger partial charge is 0.454 e. The molecule has 1 aliphatic rings. The minimum Gasteiger partial charge on any atom is -0.454 e. The molecular formula is C19H23N3O4. The Morgan fingerprint density at radius 3 is 2.50 bits per heavy atom. The molecule has 0 unspecified atom stereocenters. The van der Waals surface area contributed by atoms with Gasteiger partial charge in [0.2, 0.25) is 0 Å². The van der Waals surface area contributed by atoms with E-state index in [1.165, 1.54) is 17.3 Å². The summed E-state index contributed by atoms with van der Waals surface area (Å²) in [5.41, 5.74) is 0.275. The average molecular weight is 357 g/mol. The molecule has 1 aromatic heterocycles. The van der Waals surface area contributed by atoms with E-state index in [1.807, 2.05) is 0 Å². The number of fused-ring (bicyclic) bond motifs is 1. The van der Waals surface area contributed by atoms with Gasteiger partial charge in [-0.2, -0.15) is 0 Å². The summed E-state index contributed by atoms with van der Waals surface area (Å²) in [5.74, 6) is -0.797. The van der Waals surface area contributed by atoms with Gasteiger partial charge >= 0.3 is 5.97 Å². The topological polar surface area (TPSA) is 81.5 Å².